The average molecular weight is 933 g/mol. The van der Waals surface area contributed by atoms with Crippen molar-refractivity contribution >= 4 is 55.7 Å². The van der Waals surface area contributed by atoms with E-state index in [2.05, 4.69) is 40.4 Å². The lowest BCUT2D eigenvalue weighted by atomic mass is 9.85. The van der Waals surface area contributed by atoms with Crippen LogP contribution in [-0.2, 0) is 30.6 Å². The molecule has 3 amide bonds. The molecule has 2 saturated carbocycles. The van der Waals surface area contributed by atoms with Gasteiger partial charge in [-0.05, 0) is 93.5 Å². The second-order valence-corrected chi connectivity index (χ2v) is 21.0. The standard InChI is InChI=1S/C18H23F4N3O2.C17H18N2O2S.C10H15NO3S/c1-17(2,3)14(16(27)25-8-4-5-13(25)15(23)26)24-10-6-7-12(19)11(9-10)18(20,21)22;1-9(2)13-8-22-17(19-13)12-7-14(20)11-5-6-15(21-4)10(3)16(11)18-12;1-3-7-6-8(7)9(12)11-15(13,14)10(2)4-5-10/h6-7,9,13-14,24H,4-5,8H2,1-3H3,(H2,23,26);5-9H,1-4H3,(H,18,20);3,7-8H,1,4-6H2,2H3,(H,11,12)/t13?,14-;;/m1../s1. The Bertz CT molecular complexity index is 2580. The van der Waals surface area contributed by atoms with E-state index in [9.17, 15) is 45.2 Å². The number of primary amides is 1. The predicted octanol–water partition coefficient (Wildman–Crippen LogP) is 8.05. The minimum atomic E-state index is -4.85. The molecule has 7 rings (SSSR count). The summed E-state index contributed by atoms with van der Waals surface area (Å²) in [5.41, 5.74) is 6.75. The normalized spacial score (nSPS) is 19.4. The first kappa shape index (κ1) is 49.7. The van der Waals surface area contributed by atoms with Crippen LogP contribution in [0.1, 0.15) is 96.4 Å². The molecule has 3 aliphatic rings. The molecule has 19 heteroatoms. The molecule has 4 aromatic rings. The molecule has 64 heavy (non-hydrogen) atoms. The van der Waals surface area contributed by atoms with Crippen LogP contribution in [0.5, 0.6) is 5.75 Å². The van der Waals surface area contributed by atoms with Crippen LogP contribution in [-0.4, -0.2) is 71.5 Å². The van der Waals surface area contributed by atoms with Crippen molar-refractivity contribution in [3.8, 4) is 16.5 Å². The molecule has 3 fully saturated rings. The van der Waals surface area contributed by atoms with Gasteiger partial charge in [-0.25, -0.2) is 17.8 Å². The summed E-state index contributed by atoms with van der Waals surface area (Å²) in [5, 5.41) is 6.33. The van der Waals surface area contributed by atoms with Crippen molar-refractivity contribution in [3.63, 3.8) is 0 Å². The molecule has 0 bridgehead atoms. The largest absolute Gasteiger partial charge is 0.496 e. The number of allylic oxidation sites excluding steroid dienone is 1. The van der Waals surface area contributed by atoms with Gasteiger partial charge in [0.15, 0.2) is 5.43 Å². The number of rotatable bonds is 11. The summed E-state index contributed by atoms with van der Waals surface area (Å²) in [6.45, 7) is 17.0. The van der Waals surface area contributed by atoms with Crippen LogP contribution in [0.4, 0.5) is 23.2 Å². The van der Waals surface area contributed by atoms with Crippen LogP contribution in [0.2, 0.25) is 0 Å². The lowest BCUT2D eigenvalue weighted by molar-refractivity contribution is -0.140. The highest BCUT2D eigenvalue weighted by Crippen LogP contribution is 2.44. The highest BCUT2D eigenvalue weighted by atomic mass is 32.2. The van der Waals surface area contributed by atoms with E-state index in [4.69, 9.17) is 10.5 Å². The third-order valence-corrected chi connectivity index (χ3v) is 14.7. The summed E-state index contributed by atoms with van der Waals surface area (Å²) in [7, 11) is -1.83. The van der Waals surface area contributed by atoms with Gasteiger partial charge in [-0.2, -0.15) is 13.2 Å². The number of sulfonamides is 1. The number of alkyl halides is 3. The van der Waals surface area contributed by atoms with Gasteiger partial charge in [0.05, 0.1) is 34.3 Å². The topological polar surface area (TPSA) is 194 Å². The van der Waals surface area contributed by atoms with E-state index in [0.29, 0.717) is 55.7 Å². The Kier molecular flexibility index (Phi) is 14.8. The molecule has 13 nitrogen and oxygen atoms in total. The molecule has 1 saturated heterocycles. The van der Waals surface area contributed by atoms with Gasteiger partial charge in [-0.15, -0.1) is 17.9 Å². The lowest BCUT2D eigenvalue weighted by Gasteiger charge is -2.35. The molecule has 3 unspecified atom stereocenters. The number of likely N-dealkylation sites (tertiary alicyclic amines) is 1. The monoisotopic (exact) mass is 932 g/mol. The summed E-state index contributed by atoms with van der Waals surface area (Å²) in [6, 6.07) is 6.07. The second kappa shape index (κ2) is 19.0. The van der Waals surface area contributed by atoms with E-state index in [1.54, 1.807) is 64.4 Å². The summed E-state index contributed by atoms with van der Waals surface area (Å²) in [4.78, 5) is 57.8. The number of methoxy groups -OCH3 is 1. The van der Waals surface area contributed by atoms with E-state index >= 15 is 0 Å². The van der Waals surface area contributed by atoms with Crippen LogP contribution in [0.3, 0.4) is 0 Å². The number of carbonyl (C=O) groups is 3. The summed E-state index contributed by atoms with van der Waals surface area (Å²) >= 11 is 1.55. The molecule has 0 spiro atoms. The first-order valence-electron chi connectivity index (χ1n) is 20.8. The fourth-order valence-electron chi connectivity index (χ4n) is 7.14. The smallest absolute Gasteiger partial charge is 0.419 e. The number of aromatic amines is 1. The molecular weight excluding hydrogens is 877 g/mol. The van der Waals surface area contributed by atoms with Crippen molar-refractivity contribution in [1.82, 2.24) is 19.6 Å². The first-order valence-corrected chi connectivity index (χ1v) is 23.2. The Morgan fingerprint density at radius 3 is 2.33 bits per heavy atom. The number of thiazole rings is 1. The summed E-state index contributed by atoms with van der Waals surface area (Å²) < 4.78 is 82.5. The predicted molar refractivity (Wildman–Crippen MR) is 240 cm³/mol. The van der Waals surface area contributed by atoms with Gasteiger partial charge in [-0.3, -0.25) is 23.9 Å². The Balaban J connectivity index is 0.000000188. The zero-order valence-corrected chi connectivity index (χ0v) is 38.7. The van der Waals surface area contributed by atoms with Gasteiger partial charge in [-0.1, -0.05) is 40.7 Å². The molecule has 2 aromatic heterocycles. The number of amides is 3. The Morgan fingerprint density at radius 1 is 1.12 bits per heavy atom. The molecule has 2 aliphatic carbocycles. The third-order valence-electron chi connectivity index (χ3n) is 11.7. The van der Waals surface area contributed by atoms with Gasteiger partial charge >= 0.3 is 6.18 Å². The van der Waals surface area contributed by atoms with Crippen molar-refractivity contribution < 1.29 is 45.1 Å². The van der Waals surface area contributed by atoms with Crippen LogP contribution >= 0.6 is 11.3 Å². The van der Waals surface area contributed by atoms with Crippen LogP contribution in [0.25, 0.3) is 21.6 Å². The van der Waals surface area contributed by atoms with Crippen molar-refractivity contribution in [2.45, 2.75) is 109 Å². The number of aromatic nitrogens is 2. The summed E-state index contributed by atoms with van der Waals surface area (Å²) in [6.07, 6.45) is -0.0691. The molecule has 5 N–H and O–H groups in total. The number of hydrogen-bond acceptors (Lipinski definition) is 10. The van der Waals surface area contributed by atoms with Crippen molar-refractivity contribution in [3.05, 3.63) is 87.3 Å². The van der Waals surface area contributed by atoms with Crippen molar-refractivity contribution in [2.24, 2.45) is 23.0 Å². The number of anilines is 1. The Morgan fingerprint density at radius 2 is 1.80 bits per heavy atom. The fourth-order valence-corrected chi connectivity index (χ4v) is 9.40. The SMILES string of the molecule is C=CC1CC1C(=O)NS(=O)(=O)C1(C)CC1.CC(C)(C)[C@H](Nc1ccc(F)c(C(F)(F)F)c1)C(=O)N1CCCC1C(N)=O.COc1ccc2c(=O)cc(-c3nc(C(C)C)cs3)[nH]c2c1C. The number of ether oxygens (including phenoxy) is 1. The molecule has 1 aliphatic heterocycles. The molecule has 348 valence electrons. The molecule has 2 aromatic carbocycles. The number of fused-ring (bicyclic) bond motifs is 1. The number of nitrogens with two attached hydrogens (primary N) is 1. The van der Waals surface area contributed by atoms with Crippen molar-refractivity contribution in [1.29, 1.82) is 0 Å². The highest BCUT2D eigenvalue weighted by molar-refractivity contribution is 7.91. The fraction of sp³-hybridized carbons (Fsp3) is 0.489. The molecule has 3 heterocycles. The number of halogens is 4. The average Bonchev–Trinajstić information content (AvgIpc) is 4.03. The minimum Gasteiger partial charge on any atom is -0.496 e. The quantitative estimate of drug-likeness (QED) is 0.0851. The maximum Gasteiger partial charge on any atom is 0.419 e. The Hall–Kier alpha value is -5.30. The van der Waals surface area contributed by atoms with E-state index in [1.807, 2.05) is 18.4 Å². The highest BCUT2D eigenvalue weighted by Gasteiger charge is 2.52. The van der Waals surface area contributed by atoms with Gasteiger partial charge in [0.25, 0.3) is 0 Å². The number of pyridine rings is 1. The lowest BCUT2D eigenvalue weighted by Crippen LogP contribution is -2.53. The number of aryl methyl sites for hydroxylation is 1. The second-order valence-electron chi connectivity index (χ2n) is 18.0. The van der Waals surface area contributed by atoms with Crippen molar-refractivity contribution in [2.75, 3.05) is 19.0 Å². The molecule has 0 radical (unpaired) electrons. The van der Waals surface area contributed by atoms with E-state index in [1.165, 1.54) is 4.90 Å². The molecular formula is C45H56F4N6O7S2. The zero-order chi connectivity index (χ0) is 47.7. The van der Waals surface area contributed by atoms with Gasteiger partial charge in [0.1, 0.15) is 28.7 Å². The number of H-pyrrole nitrogens is 1. The van der Waals surface area contributed by atoms with Crippen LogP contribution in [0.15, 0.2) is 59.2 Å². The number of nitrogens with one attached hydrogen (secondary N) is 3. The number of carbonyl (C=O) groups excluding carboxylic acids is 3. The summed E-state index contributed by atoms with van der Waals surface area (Å²) in [5.74, 6) is -1.68. The number of nitrogens with zero attached hydrogens (tertiary/aromatic N) is 2. The Labute approximate surface area is 374 Å². The minimum absolute atomic E-state index is 0.00389. The van der Waals surface area contributed by atoms with E-state index in [-0.39, 0.29) is 28.9 Å². The maximum absolute atomic E-state index is 13.5. The van der Waals surface area contributed by atoms with Crippen LogP contribution in [0, 0.1) is 30.0 Å². The molecule has 4 atom stereocenters. The van der Waals surface area contributed by atoms with E-state index in [0.717, 1.165) is 45.7 Å². The van der Waals surface area contributed by atoms with Gasteiger partial charge in [0.2, 0.25) is 27.7 Å². The maximum atomic E-state index is 13.5. The van der Waals surface area contributed by atoms with Gasteiger partial charge in [0, 0.05) is 40.5 Å². The zero-order valence-electron chi connectivity index (χ0n) is 37.1. The van der Waals surface area contributed by atoms with Gasteiger partial charge < -0.3 is 25.7 Å². The first-order chi connectivity index (χ1) is 29.7. The number of benzene rings is 2. The van der Waals surface area contributed by atoms with Crippen LogP contribution < -0.4 is 25.9 Å². The third kappa shape index (κ3) is 11.3. The number of hydrogen-bond donors (Lipinski definition) is 4. The van der Waals surface area contributed by atoms with E-state index < -0.39 is 61.6 Å².